The highest BCUT2D eigenvalue weighted by Crippen LogP contribution is 2.19. The number of hydrogen-bond donors (Lipinski definition) is 3. The largest absolute Gasteiger partial charge is 0.462 e. The summed E-state index contributed by atoms with van der Waals surface area (Å²) in [4.78, 5) is 26.3. The fourth-order valence-corrected chi connectivity index (χ4v) is 9.53. The van der Waals surface area contributed by atoms with E-state index in [-0.39, 0.29) is 24.9 Å². The molecule has 0 heterocycles. The van der Waals surface area contributed by atoms with Crippen LogP contribution in [0.3, 0.4) is 0 Å². The van der Waals surface area contributed by atoms with E-state index in [1.807, 2.05) is 0 Å². The first-order valence-electron chi connectivity index (χ1n) is 30.1. The minimum absolute atomic E-state index is 0.0809. The average Bonchev–Trinajstić information content (AvgIpc) is 3.32. The normalized spacial score (nSPS) is 13.2. The van der Waals surface area contributed by atoms with E-state index >= 15 is 0 Å². The van der Waals surface area contributed by atoms with Gasteiger partial charge in [-0.05, 0) is 51.4 Å². The Bertz CT molecular complexity index is 1060. The van der Waals surface area contributed by atoms with Crippen LogP contribution in [0.25, 0.3) is 0 Å². The molecule has 0 saturated carbocycles. The Morgan fingerprint density at radius 2 is 0.806 bits per heavy atom. The van der Waals surface area contributed by atoms with Gasteiger partial charge in [0, 0.05) is 6.42 Å². The maximum absolute atomic E-state index is 13.3. The summed E-state index contributed by atoms with van der Waals surface area (Å²) in [6.07, 6.45) is 65.3. The summed E-state index contributed by atoms with van der Waals surface area (Å²) in [5, 5.41) is 23.9. The van der Waals surface area contributed by atoms with E-state index < -0.39 is 18.2 Å². The molecule has 0 radical (unpaired) electrons. The first-order chi connectivity index (χ1) is 33.0. The van der Waals surface area contributed by atoms with Crippen molar-refractivity contribution in [3.63, 3.8) is 0 Å². The van der Waals surface area contributed by atoms with E-state index in [1.165, 1.54) is 218 Å². The molecule has 3 N–H and O–H groups in total. The number of nitrogens with one attached hydrogen (secondary N) is 1. The lowest BCUT2D eigenvalue weighted by molar-refractivity contribution is -0.151. The Morgan fingerprint density at radius 3 is 1.21 bits per heavy atom. The molecule has 396 valence electrons. The molecular formula is C61H117NO5. The molecule has 1 amide bonds. The Hall–Kier alpha value is -1.66. The predicted molar refractivity (Wildman–Crippen MR) is 292 cm³/mol. The van der Waals surface area contributed by atoms with Gasteiger partial charge in [0.05, 0.1) is 25.2 Å². The molecule has 67 heavy (non-hydrogen) atoms. The van der Waals surface area contributed by atoms with Gasteiger partial charge in [0.15, 0.2) is 0 Å². The van der Waals surface area contributed by atoms with Crippen molar-refractivity contribution >= 4 is 11.9 Å². The molecule has 0 saturated heterocycles. The molecule has 0 bridgehead atoms. The Labute approximate surface area is 418 Å². The van der Waals surface area contributed by atoms with Gasteiger partial charge in [-0.2, -0.15) is 0 Å². The number of ether oxygens (including phenoxy) is 1. The molecule has 0 rings (SSSR count). The van der Waals surface area contributed by atoms with Gasteiger partial charge >= 0.3 is 5.97 Å². The van der Waals surface area contributed by atoms with Gasteiger partial charge in [0.25, 0.3) is 0 Å². The van der Waals surface area contributed by atoms with Gasteiger partial charge in [-0.25, -0.2) is 0 Å². The average molecular weight is 945 g/mol. The molecule has 0 aliphatic carbocycles. The van der Waals surface area contributed by atoms with Gasteiger partial charge in [0.2, 0.25) is 5.91 Å². The highest BCUT2D eigenvalue weighted by atomic mass is 16.5. The Balaban J connectivity index is 4.49. The summed E-state index contributed by atoms with van der Waals surface area (Å²) in [6, 6.07) is -0.699. The smallest absolute Gasteiger partial charge is 0.306 e. The maximum Gasteiger partial charge on any atom is 0.306 e. The summed E-state index contributed by atoms with van der Waals surface area (Å²) < 4.78 is 5.97. The van der Waals surface area contributed by atoms with Crippen LogP contribution in [0, 0.1) is 0 Å². The van der Waals surface area contributed by atoms with Crippen molar-refractivity contribution in [3.8, 4) is 0 Å². The van der Waals surface area contributed by atoms with E-state index in [1.54, 1.807) is 0 Å². The number of hydrogen-bond acceptors (Lipinski definition) is 5. The van der Waals surface area contributed by atoms with Crippen molar-refractivity contribution in [2.45, 2.75) is 347 Å². The van der Waals surface area contributed by atoms with Crippen molar-refractivity contribution in [1.29, 1.82) is 0 Å². The van der Waals surface area contributed by atoms with Crippen LogP contribution in [-0.4, -0.2) is 46.9 Å². The minimum atomic E-state index is -0.786. The third-order valence-corrected chi connectivity index (χ3v) is 14.0. The van der Waals surface area contributed by atoms with Crippen LogP contribution in [-0.2, 0) is 14.3 Å². The second kappa shape index (κ2) is 55.3. The molecule has 0 aliphatic heterocycles. The molecule has 3 atom stereocenters. The third kappa shape index (κ3) is 50.5. The van der Waals surface area contributed by atoms with Gasteiger partial charge in [-0.15, -0.1) is 0 Å². The van der Waals surface area contributed by atoms with Crippen LogP contribution >= 0.6 is 0 Å². The number of carbonyl (C=O) groups is 2. The van der Waals surface area contributed by atoms with E-state index in [0.29, 0.717) is 19.3 Å². The van der Waals surface area contributed by atoms with Crippen molar-refractivity contribution in [1.82, 2.24) is 5.32 Å². The number of allylic oxidation sites excluding steroid dienone is 4. The predicted octanol–water partition coefficient (Wildman–Crippen LogP) is 18.6. The van der Waals surface area contributed by atoms with E-state index in [4.69, 9.17) is 4.74 Å². The second-order valence-electron chi connectivity index (χ2n) is 20.7. The lowest BCUT2D eigenvalue weighted by Gasteiger charge is -2.24. The molecule has 6 heteroatoms. The standard InChI is InChI=1S/C61H117NO5/c1-4-7-10-13-16-19-22-25-28-30-32-34-37-40-43-46-49-52-57(67-61(66)54-51-48-45-42-39-36-27-24-21-18-15-12-9-6-3)55-60(65)62-58(56-63)59(64)53-50-47-44-41-38-35-33-31-29-26-23-20-17-14-11-8-5-2/h9,12,18,21,57-59,63-64H,4-8,10-11,13-17,19-20,22-56H2,1-3H3,(H,62,65)/b12-9+,21-18+. The van der Waals surface area contributed by atoms with Gasteiger partial charge < -0.3 is 20.3 Å². The van der Waals surface area contributed by atoms with E-state index in [2.05, 4.69) is 50.4 Å². The van der Waals surface area contributed by atoms with Gasteiger partial charge in [0.1, 0.15) is 6.10 Å². The van der Waals surface area contributed by atoms with Crippen LogP contribution in [0.1, 0.15) is 329 Å². The minimum Gasteiger partial charge on any atom is -0.462 e. The number of aliphatic hydroxyl groups is 2. The molecular weight excluding hydrogens is 827 g/mol. The van der Waals surface area contributed by atoms with Gasteiger partial charge in [-0.1, -0.05) is 289 Å². The SMILES string of the molecule is CC/C=C/C/C=C/CCCCCCCCCC(=O)OC(CCCCCCCCCCCCCCCCCCC)CC(=O)NC(CO)C(O)CCCCCCCCCCCCCCCCCCC. The first-order valence-corrected chi connectivity index (χ1v) is 30.1. The Morgan fingerprint density at radius 1 is 0.448 bits per heavy atom. The highest BCUT2D eigenvalue weighted by Gasteiger charge is 2.24. The monoisotopic (exact) mass is 944 g/mol. The zero-order valence-electron chi connectivity index (χ0n) is 45.3. The van der Waals surface area contributed by atoms with Crippen LogP contribution in [0.4, 0.5) is 0 Å². The lowest BCUT2D eigenvalue weighted by atomic mass is 10.0. The topological polar surface area (TPSA) is 95.9 Å². The molecule has 0 aromatic heterocycles. The van der Waals surface area contributed by atoms with E-state index in [9.17, 15) is 19.8 Å². The number of carbonyl (C=O) groups excluding carboxylic acids is 2. The highest BCUT2D eigenvalue weighted by molar-refractivity contribution is 5.77. The lowest BCUT2D eigenvalue weighted by Crippen LogP contribution is -2.46. The molecule has 0 aromatic carbocycles. The summed E-state index contributed by atoms with van der Waals surface area (Å²) >= 11 is 0. The van der Waals surface area contributed by atoms with Crippen molar-refractivity contribution in [2.24, 2.45) is 0 Å². The Kier molecular flexibility index (Phi) is 53.9. The fraction of sp³-hybridized carbons (Fsp3) is 0.902. The van der Waals surface area contributed by atoms with Crippen LogP contribution in [0.15, 0.2) is 24.3 Å². The molecule has 0 aliphatic rings. The molecule has 0 spiro atoms. The van der Waals surface area contributed by atoms with Crippen LogP contribution in [0.5, 0.6) is 0 Å². The number of esters is 1. The number of rotatable bonds is 55. The molecule has 0 fully saturated rings. The molecule has 6 nitrogen and oxygen atoms in total. The van der Waals surface area contributed by atoms with Crippen LogP contribution < -0.4 is 5.32 Å². The first kappa shape index (κ1) is 65.3. The summed E-state index contributed by atoms with van der Waals surface area (Å²) in [5.74, 6) is -0.461. The number of unbranched alkanes of at least 4 members (excludes halogenated alkanes) is 39. The number of aliphatic hydroxyl groups excluding tert-OH is 2. The molecule has 0 aromatic rings. The third-order valence-electron chi connectivity index (χ3n) is 14.0. The summed E-state index contributed by atoms with van der Waals surface area (Å²) in [6.45, 7) is 6.43. The van der Waals surface area contributed by atoms with Gasteiger partial charge in [-0.3, -0.25) is 9.59 Å². The maximum atomic E-state index is 13.3. The quantitative estimate of drug-likeness (QED) is 0.0321. The summed E-state index contributed by atoms with van der Waals surface area (Å²) in [5.41, 5.74) is 0. The van der Waals surface area contributed by atoms with E-state index in [0.717, 1.165) is 64.2 Å². The number of amides is 1. The zero-order chi connectivity index (χ0) is 48.8. The molecule has 3 unspecified atom stereocenters. The van der Waals surface area contributed by atoms with Crippen molar-refractivity contribution < 1.29 is 24.5 Å². The van der Waals surface area contributed by atoms with Crippen molar-refractivity contribution in [3.05, 3.63) is 24.3 Å². The fourth-order valence-electron chi connectivity index (χ4n) is 9.53. The second-order valence-corrected chi connectivity index (χ2v) is 20.7. The van der Waals surface area contributed by atoms with Crippen molar-refractivity contribution in [2.75, 3.05) is 6.61 Å². The summed E-state index contributed by atoms with van der Waals surface area (Å²) in [7, 11) is 0. The van der Waals surface area contributed by atoms with Crippen LogP contribution in [0.2, 0.25) is 0 Å². The zero-order valence-corrected chi connectivity index (χ0v) is 45.3.